The molecule has 102 valence electrons. The summed E-state index contributed by atoms with van der Waals surface area (Å²) >= 11 is 0. The van der Waals surface area contributed by atoms with Crippen molar-refractivity contribution in [1.29, 1.82) is 0 Å². The maximum absolute atomic E-state index is 3.58. The standard InChI is InChI=1S/C15H32N2/c1-6-15(4,14(16-5)12-13(2)3)17-10-8-7-9-11-17/h13-14,16H,6-12H2,1-5H3. The maximum atomic E-state index is 3.58. The highest BCUT2D eigenvalue weighted by Gasteiger charge is 2.37. The Hall–Kier alpha value is -0.0800. The van der Waals surface area contributed by atoms with Crippen LogP contribution in [-0.2, 0) is 0 Å². The van der Waals surface area contributed by atoms with E-state index in [1.807, 2.05) is 0 Å². The molecule has 0 aromatic heterocycles. The second kappa shape index (κ2) is 6.75. The number of nitrogens with one attached hydrogen (secondary N) is 1. The van der Waals surface area contributed by atoms with Crippen LogP contribution in [0.1, 0.15) is 59.8 Å². The van der Waals surface area contributed by atoms with E-state index in [4.69, 9.17) is 0 Å². The highest BCUT2D eigenvalue weighted by Crippen LogP contribution is 2.30. The molecule has 0 spiro atoms. The molecule has 1 aliphatic heterocycles. The van der Waals surface area contributed by atoms with Crippen LogP contribution in [0.4, 0.5) is 0 Å². The molecule has 1 fully saturated rings. The Morgan fingerprint density at radius 1 is 1.18 bits per heavy atom. The molecule has 2 atom stereocenters. The van der Waals surface area contributed by atoms with E-state index in [0.717, 1.165) is 5.92 Å². The lowest BCUT2D eigenvalue weighted by Gasteiger charge is -2.48. The van der Waals surface area contributed by atoms with E-state index in [0.29, 0.717) is 11.6 Å². The van der Waals surface area contributed by atoms with Gasteiger partial charge < -0.3 is 5.32 Å². The lowest BCUT2D eigenvalue weighted by molar-refractivity contribution is 0.0388. The molecule has 1 heterocycles. The van der Waals surface area contributed by atoms with E-state index >= 15 is 0 Å². The van der Waals surface area contributed by atoms with Crippen LogP contribution in [-0.4, -0.2) is 36.6 Å². The van der Waals surface area contributed by atoms with Crippen LogP contribution in [0.2, 0.25) is 0 Å². The van der Waals surface area contributed by atoms with Crippen LogP contribution in [0.3, 0.4) is 0 Å². The minimum Gasteiger partial charge on any atom is -0.315 e. The SMILES string of the molecule is CCC(C)(C(CC(C)C)NC)N1CCCCC1. The molecule has 2 nitrogen and oxygen atoms in total. The molecule has 0 saturated carbocycles. The zero-order valence-corrected chi connectivity index (χ0v) is 12.6. The van der Waals surface area contributed by atoms with Crippen LogP contribution in [0, 0.1) is 5.92 Å². The van der Waals surface area contributed by atoms with Crippen LogP contribution in [0.5, 0.6) is 0 Å². The molecule has 17 heavy (non-hydrogen) atoms. The topological polar surface area (TPSA) is 15.3 Å². The van der Waals surface area contributed by atoms with Gasteiger partial charge in [0.05, 0.1) is 0 Å². The third kappa shape index (κ3) is 3.69. The van der Waals surface area contributed by atoms with Gasteiger partial charge in [-0.05, 0) is 58.7 Å². The van der Waals surface area contributed by atoms with Gasteiger partial charge in [0.15, 0.2) is 0 Å². The van der Waals surface area contributed by atoms with Crippen LogP contribution < -0.4 is 5.32 Å². The van der Waals surface area contributed by atoms with Crippen molar-refractivity contribution < 1.29 is 0 Å². The second-order valence-electron chi connectivity index (χ2n) is 6.23. The quantitative estimate of drug-likeness (QED) is 0.766. The minimum atomic E-state index is 0.333. The van der Waals surface area contributed by atoms with Crippen molar-refractivity contribution in [2.24, 2.45) is 5.92 Å². The highest BCUT2D eigenvalue weighted by molar-refractivity contribution is 4.97. The average Bonchev–Trinajstić information content (AvgIpc) is 2.35. The number of likely N-dealkylation sites (tertiary alicyclic amines) is 1. The fraction of sp³-hybridized carbons (Fsp3) is 1.00. The maximum Gasteiger partial charge on any atom is 0.0331 e. The predicted octanol–water partition coefficient (Wildman–Crippen LogP) is 3.28. The summed E-state index contributed by atoms with van der Waals surface area (Å²) in [5.74, 6) is 0.767. The molecule has 0 bridgehead atoms. The van der Waals surface area contributed by atoms with Crippen LogP contribution >= 0.6 is 0 Å². The summed E-state index contributed by atoms with van der Waals surface area (Å²) in [6, 6.07) is 0.616. The van der Waals surface area contributed by atoms with Gasteiger partial charge in [0, 0.05) is 11.6 Å². The summed E-state index contributed by atoms with van der Waals surface area (Å²) in [5, 5.41) is 3.58. The third-order valence-electron chi connectivity index (χ3n) is 4.60. The third-order valence-corrected chi connectivity index (χ3v) is 4.60. The summed E-state index contributed by atoms with van der Waals surface area (Å²) in [4.78, 5) is 2.74. The smallest absolute Gasteiger partial charge is 0.0331 e. The van der Waals surface area contributed by atoms with Crippen molar-refractivity contribution in [2.45, 2.75) is 71.4 Å². The Kier molecular flexibility index (Phi) is 5.94. The first kappa shape index (κ1) is 15.0. The van der Waals surface area contributed by atoms with Gasteiger partial charge in [0.25, 0.3) is 0 Å². The summed E-state index contributed by atoms with van der Waals surface area (Å²) < 4.78 is 0. The zero-order chi connectivity index (χ0) is 12.9. The minimum absolute atomic E-state index is 0.333. The normalized spacial score (nSPS) is 23.6. The molecule has 2 heteroatoms. The van der Waals surface area contributed by atoms with Gasteiger partial charge in [-0.25, -0.2) is 0 Å². The number of rotatable bonds is 6. The van der Waals surface area contributed by atoms with Gasteiger partial charge in [-0.3, -0.25) is 4.90 Å². The largest absolute Gasteiger partial charge is 0.315 e. The Morgan fingerprint density at radius 2 is 1.76 bits per heavy atom. The van der Waals surface area contributed by atoms with E-state index in [9.17, 15) is 0 Å². The van der Waals surface area contributed by atoms with E-state index < -0.39 is 0 Å². The molecule has 1 rings (SSSR count). The highest BCUT2D eigenvalue weighted by atomic mass is 15.2. The van der Waals surface area contributed by atoms with Crippen molar-refractivity contribution >= 4 is 0 Å². The molecular formula is C15H32N2. The van der Waals surface area contributed by atoms with E-state index in [2.05, 4.69) is 45.0 Å². The Morgan fingerprint density at radius 3 is 2.18 bits per heavy atom. The molecule has 1 saturated heterocycles. The molecule has 0 amide bonds. The van der Waals surface area contributed by atoms with Gasteiger partial charge in [-0.1, -0.05) is 27.2 Å². The van der Waals surface area contributed by atoms with Crippen molar-refractivity contribution in [1.82, 2.24) is 10.2 Å². The average molecular weight is 240 g/mol. The molecule has 2 unspecified atom stereocenters. The number of likely N-dealkylation sites (N-methyl/N-ethyl adjacent to an activating group) is 1. The van der Waals surface area contributed by atoms with E-state index in [1.165, 1.54) is 45.2 Å². The second-order valence-corrected chi connectivity index (χ2v) is 6.23. The molecule has 0 aromatic carbocycles. The number of nitrogens with zero attached hydrogens (tertiary/aromatic N) is 1. The van der Waals surface area contributed by atoms with Crippen molar-refractivity contribution in [2.75, 3.05) is 20.1 Å². The van der Waals surface area contributed by atoms with Gasteiger partial charge in [-0.15, -0.1) is 0 Å². The Bertz CT molecular complexity index is 209. The summed E-state index contributed by atoms with van der Waals surface area (Å²) in [6.07, 6.45) is 6.70. The van der Waals surface area contributed by atoms with Gasteiger partial charge >= 0.3 is 0 Å². The summed E-state index contributed by atoms with van der Waals surface area (Å²) in [5.41, 5.74) is 0.333. The van der Waals surface area contributed by atoms with E-state index in [-0.39, 0.29) is 0 Å². The van der Waals surface area contributed by atoms with E-state index in [1.54, 1.807) is 0 Å². The van der Waals surface area contributed by atoms with Gasteiger partial charge in [-0.2, -0.15) is 0 Å². The number of hydrogen-bond acceptors (Lipinski definition) is 2. The van der Waals surface area contributed by atoms with Gasteiger partial charge in [0.1, 0.15) is 0 Å². The first-order valence-corrected chi connectivity index (χ1v) is 7.47. The molecule has 1 N–H and O–H groups in total. The number of piperidine rings is 1. The lowest BCUT2D eigenvalue weighted by atomic mass is 9.81. The fourth-order valence-corrected chi connectivity index (χ4v) is 3.25. The molecular weight excluding hydrogens is 208 g/mol. The predicted molar refractivity (Wildman–Crippen MR) is 76.4 cm³/mol. The molecule has 0 radical (unpaired) electrons. The first-order chi connectivity index (χ1) is 8.04. The zero-order valence-electron chi connectivity index (χ0n) is 12.6. The van der Waals surface area contributed by atoms with Crippen molar-refractivity contribution in [3.8, 4) is 0 Å². The van der Waals surface area contributed by atoms with Crippen molar-refractivity contribution in [3.05, 3.63) is 0 Å². The summed E-state index contributed by atoms with van der Waals surface area (Å²) in [6.45, 7) is 12.1. The van der Waals surface area contributed by atoms with Gasteiger partial charge in [0.2, 0.25) is 0 Å². The van der Waals surface area contributed by atoms with Crippen molar-refractivity contribution in [3.63, 3.8) is 0 Å². The molecule has 1 aliphatic rings. The molecule has 0 aromatic rings. The Balaban J connectivity index is 2.75. The van der Waals surface area contributed by atoms with Crippen LogP contribution in [0.15, 0.2) is 0 Å². The Labute approximate surface area is 108 Å². The number of hydrogen-bond donors (Lipinski definition) is 1. The fourth-order valence-electron chi connectivity index (χ4n) is 3.25. The molecule has 0 aliphatic carbocycles. The van der Waals surface area contributed by atoms with Crippen LogP contribution in [0.25, 0.3) is 0 Å². The monoisotopic (exact) mass is 240 g/mol. The summed E-state index contributed by atoms with van der Waals surface area (Å²) in [7, 11) is 2.13. The lowest BCUT2D eigenvalue weighted by Crippen LogP contribution is -2.60. The first-order valence-electron chi connectivity index (χ1n) is 7.47.